The smallest absolute Gasteiger partial charge is 0.0525 e. The van der Waals surface area contributed by atoms with Crippen molar-refractivity contribution in [3.05, 3.63) is 108 Å². The third-order valence-corrected chi connectivity index (χ3v) is 5.98. The first-order valence-electron chi connectivity index (χ1n) is 9.32. The highest BCUT2D eigenvalue weighted by Crippen LogP contribution is 2.58. The van der Waals surface area contributed by atoms with E-state index in [4.69, 9.17) is 0 Å². The van der Waals surface area contributed by atoms with Crippen LogP contribution in [0.1, 0.15) is 30.4 Å². The van der Waals surface area contributed by atoms with Crippen LogP contribution in [0.5, 0.6) is 0 Å². The minimum absolute atomic E-state index is 0.0641. The highest BCUT2D eigenvalue weighted by Gasteiger charge is 2.49. The highest BCUT2D eigenvalue weighted by atomic mass is 14.5. The van der Waals surface area contributed by atoms with Crippen molar-refractivity contribution in [1.82, 2.24) is 0 Å². The number of benzene rings is 2. The van der Waals surface area contributed by atoms with Gasteiger partial charge in [0, 0.05) is 0 Å². The van der Waals surface area contributed by atoms with Gasteiger partial charge in [-0.3, -0.25) is 0 Å². The molecule has 5 rings (SSSR count). The number of rotatable bonds is 2. The van der Waals surface area contributed by atoms with Crippen molar-refractivity contribution in [2.75, 3.05) is 0 Å². The van der Waals surface area contributed by atoms with Crippen LogP contribution in [-0.4, -0.2) is 0 Å². The van der Waals surface area contributed by atoms with Crippen LogP contribution in [0.15, 0.2) is 96.6 Å². The van der Waals surface area contributed by atoms with Gasteiger partial charge >= 0.3 is 0 Å². The van der Waals surface area contributed by atoms with Crippen LogP contribution in [0.25, 0.3) is 11.1 Å². The molecule has 0 heteroatoms. The summed E-state index contributed by atoms with van der Waals surface area (Å²) < 4.78 is 0. The first-order chi connectivity index (χ1) is 12.4. The Kier molecular flexibility index (Phi) is 3.38. The summed E-state index contributed by atoms with van der Waals surface area (Å²) in [6.07, 6.45) is 19.8. The van der Waals surface area contributed by atoms with Gasteiger partial charge in [0.1, 0.15) is 0 Å². The molecule has 0 nitrogen and oxygen atoms in total. The third-order valence-electron chi connectivity index (χ3n) is 5.98. The van der Waals surface area contributed by atoms with Crippen molar-refractivity contribution in [2.45, 2.75) is 24.7 Å². The second-order valence-corrected chi connectivity index (χ2v) is 7.19. The molecule has 0 amide bonds. The lowest BCUT2D eigenvalue weighted by Gasteiger charge is -2.41. The van der Waals surface area contributed by atoms with Gasteiger partial charge in [-0.2, -0.15) is 0 Å². The van der Waals surface area contributed by atoms with E-state index in [1.807, 2.05) is 0 Å². The molecule has 2 aromatic rings. The van der Waals surface area contributed by atoms with Crippen LogP contribution < -0.4 is 0 Å². The van der Waals surface area contributed by atoms with E-state index in [0.29, 0.717) is 5.92 Å². The first-order valence-corrected chi connectivity index (χ1v) is 9.32. The maximum atomic E-state index is 2.48. The summed E-state index contributed by atoms with van der Waals surface area (Å²) in [6, 6.07) is 18.1. The molecule has 1 atom stereocenters. The molecule has 0 saturated carbocycles. The Bertz CT molecular complexity index is 891. The molecule has 0 saturated heterocycles. The average Bonchev–Trinajstić information content (AvgIpc) is 3.01. The minimum Gasteiger partial charge on any atom is -0.0839 e. The SMILES string of the molecule is C1=CCC(C2(C3=CCCC=C3)c3ccccc3-c3ccccc32)C=C1. The van der Waals surface area contributed by atoms with E-state index in [9.17, 15) is 0 Å². The molecule has 0 aromatic heterocycles. The van der Waals surface area contributed by atoms with E-state index >= 15 is 0 Å². The monoisotopic (exact) mass is 322 g/mol. The summed E-state index contributed by atoms with van der Waals surface area (Å²) in [4.78, 5) is 0. The van der Waals surface area contributed by atoms with E-state index in [0.717, 1.165) is 19.3 Å². The molecule has 122 valence electrons. The molecule has 0 fully saturated rings. The van der Waals surface area contributed by atoms with Gasteiger partial charge in [0.25, 0.3) is 0 Å². The van der Waals surface area contributed by atoms with Crippen LogP contribution in [0.4, 0.5) is 0 Å². The number of hydrogen-bond donors (Lipinski definition) is 0. The predicted molar refractivity (Wildman–Crippen MR) is 106 cm³/mol. The molecule has 0 spiro atoms. The van der Waals surface area contributed by atoms with Gasteiger partial charge in [-0.05, 0) is 53.0 Å². The summed E-state index contributed by atoms with van der Waals surface area (Å²) in [7, 11) is 0. The second kappa shape index (κ2) is 5.74. The molecule has 25 heavy (non-hydrogen) atoms. The Hall–Kier alpha value is -2.60. The number of allylic oxidation sites excluding steroid dienone is 8. The summed E-state index contributed by atoms with van der Waals surface area (Å²) in [6.45, 7) is 0. The Labute approximate surface area is 149 Å². The molecule has 0 heterocycles. The Morgan fingerprint density at radius 2 is 1.48 bits per heavy atom. The first kappa shape index (κ1) is 14.7. The highest BCUT2D eigenvalue weighted by molar-refractivity contribution is 5.84. The lowest BCUT2D eigenvalue weighted by molar-refractivity contribution is 0.454. The summed E-state index contributed by atoms with van der Waals surface area (Å²) >= 11 is 0. The second-order valence-electron chi connectivity index (χ2n) is 7.19. The van der Waals surface area contributed by atoms with Crippen molar-refractivity contribution < 1.29 is 0 Å². The molecule has 3 aliphatic rings. The van der Waals surface area contributed by atoms with E-state index < -0.39 is 0 Å². The Morgan fingerprint density at radius 1 is 0.760 bits per heavy atom. The molecule has 0 N–H and O–H groups in total. The largest absolute Gasteiger partial charge is 0.0839 e. The van der Waals surface area contributed by atoms with Crippen LogP contribution in [0.2, 0.25) is 0 Å². The van der Waals surface area contributed by atoms with Gasteiger partial charge in [0.05, 0.1) is 5.41 Å². The van der Waals surface area contributed by atoms with E-state index in [1.54, 1.807) is 0 Å². The maximum Gasteiger partial charge on any atom is 0.0525 e. The van der Waals surface area contributed by atoms with Gasteiger partial charge < -0.3 is 0 Å². The van der Waals surface area contributed by atoms with Crippen molar-refractivity contribution >= 4 is 0 Å². The van der Waals surface area contributed by atoms with Crippen molar-refractivity contribution in [3.8, 4) is 11.1 Å². The van der Waals surface area contributed by atoms with Crippen molar-refractivity contribution in [2.24, 2.45) is 5.92 Å². The van der Waals surface area contributed by atoms with Crippen LogP contribution in [0, 0.1) is 5.92 Å². The van der Waals surface area contributed by atoms with Gasteiger partial charge in [-0.15, -0.1) is 0 Å². The normalized spacial score (nSPS) is 22.4. The Morgan fingerprint density at radius 3 is 2.08 bits per heavy atom. The summed E-state index contributed by atoms with van der Waals surface area (Å²) in [5.41, 5.74) is 7.16. The van der Waals surface area contributed by atoms with E-state index in [1.165, 1.54) is 27.8 Å². The molecule has 2 aromatic carbocycles. The summed E-state index contributed by atoms with van der Waals surface area (Å²) in [5.74, 6) is 0.455. The molecule has 0 aliphatic heterocycles. The predicted octanol–water partition coefficient (Wildman–Crippen LogP) is 6.36. The van der Waals surface area contributed by atoms with Crippen LogP contribution >= 0.6 is 0 Å². The number of fused-ring (bicyclic) bond motifs is 3. The fraction of sp³-hybridized carbons (Fsp3) is 0.200. The summed E-state index contributed by atoms with van der Waals surface area (Å²) in [5, 5.41) is 0. The molecular weight excluding hydrogens is 300 g/mol. The maximum absolute atomic E-state index is 2.48. The average molecular weight is 322 g/mol. The quantitative estimate of drug-likeness (QED) is 0.603. The van der Waals surface area contributed by atoms with E-state index in [2.05, 4.69) is 91.1 Å². The molecule has 0 bridgehead atoms. The molecule has 3 aliphatic carbocycles. The standard InChI is InChI=1S/C25H22/c1-3-11-19(12-4-1)25(20-13-5-2-6-14-20)23-17-9-7-15-21(23)22-16-8-10-18-24(22)25/h1,3-5,7-11,13-19H,2,6,12H2. The van der Waals surface area contributed by atoms with Crippen LogP contribution in [-0.2, 0) is 5.41 Å². The fourth-order valence-electron chi connectivity index (χ4n) is 5.00. The van der Waals surface area contributed by atoms with Gasteiger partial charge in [-0.25, -0.2) is 0 Å². The zero-order chi connectivity index (χ0) is 16.7. The zero-order valence-corrected chi connectivity index (χ0v) is 14.4. The minimum atomic E-state index is -0.0641. The topological polar surface area (TPSA) is 0 Å². The van der Waals surface area contributed by atoms with Gasteiger partial charge in [0.2, 0.25) is 0 Å². The van der Waals surface area contributed by atoms with Gasteiger partial charge in [-0.1, -0.05) is 91.1 Å². The third kappa shape index (κ3) is 2.00. The lowest BCUT2D eigenvalue weighted by atomic mass is 9.61. The zero-order valence-electron chi connectivity index (χ0n) is 14.4. The van der Waals surface area contributed by atoms with Crippen LogP contribution in [0.3, 0.4) is 0 Å². The fourth-order valence-corrected chi connectivity index (χ4v) is 5.00. The molecule has 1 unspecified atom stereocenters. The van der Waals surface area contributed by atoms with E-state index in [-0.39, 0.29) is 5.41 Å². The molecular formula is C25H22. The number of hydrogen-bond acceptors (Lipinski definition) is 0. The molecule has 0 radical (unpaired) electrons. The van der Waals surface area contributed by atoms with Gasteiger partial charge in [0.15, 0.2) is 0 Å². The van der Waals surface area contributed by atoms with Crippen molar-refractivity contribution in [1.29, 1.82) is 0 Å². The van der Waals surface area contributed by atoms with Crippen molar-refractivity contribution in [3.63, 3.8) is 0 Å². The Balaban J connectivity index is 1.87. The lowest BCUT2D eigenvalue weighted by Crippen LogP contribution is -2.36.